The maximum Gasteiger partial charge on any atom is 0.153 e. The Balaban J connectivity index is 2.06. The van der Waals surface area contributed by atoms with Crippen molar-refractivity contribution in [3.8, 4) is 5.75 Å². The van der Waals surface area contributed by atoms with E-state index in [4.69, 9.17) is 0 Å². The van der Waals surface area contributed by atoms with E-state index in [0.29, 0.717) is 6.54 Å². The molecule has 17 heavy (non-hydrogen) atoms. The van der Waals surface area contributed by atoms with Crippen LogP contribution in [0.5, 0.6) is 5.75 Å². The number of fused-ring (bicyclic) bond motifs is 1. The van der Waals surface area contributed by atoms with Gasteiger partial charge in [-0.15, -0.1) is 0 Å². The average molecular weight is 228 g/mol. The van der Waals surface area contributed by atoms with Gasteiger partial charge in [0, 0.05) is 12.4 Å². The molecule has 0 atom stereocenters. The molecule has 0 aliphatic rings. The number of hydrogen-bond acceptors (Lipinski definition) is 3. The Morgan fingerprint density at radius 2 is 2.12 bits per heavy atom. The lowest BCUT2D eigenvalue weighted by atomic mass is 10.2. The maximum atomic E-state index is 9.24. The molecule has 3 rings (SSSR count). The van der Waals surface area contributed by atoms with Crippen LogP contribution in [0.1, 0.15) is 5.69 Å². The third kappa shape index (κ3) is 1.65. The number of para-hydroxylation sites is 1. The third-order valence-corrected chi connectivity index (χ3v) is 2.77. The Kier molecular flexibility index (Phi) is 2.11. The summed E-state index contributed by atoms with van der Waals surface area (Å²) in [5.74, 6) is 0.172. The molecule has 3 aromatic rings. The summed E-state index contributed by atoms with van der Waals surface area (Å²) in [4.78, 5) is 0. The average Bonchev–Trinajstić information content (AvgIpc) is 2.86. The SMILES string of the molecule is Cn1nc(Cn2cc(O)cn2)c2ccccc21. The largest absolute Gasteiger partial charge is 0.505 e. The van der Waals surface area contributed by atoms with Crippen LogP contribution < -0.4 is 0 Å². The molecule has 0 unspecified atom stereocenters. The Morgan fingerprint density at radius 1 is 1.29 bits per heavy atom. The van der Waals surface area contributed by atoms with E-state index in [1.54, 1.807) is 10.9 Å². The van der Waals surface area contributed by atoms with Crippen molar-refractivity contribution >= 4 is 10.9 Å². The third-order valence-electron chi connectivity index (χ3n) is 2.77. The highest BCUT2D eigenvalue weighted by molar-refractivity contribution is 5.81. The van der Waals surface area contributed by atoms with Gasteiger partial charge in [-0.2, -0.15) is 10.2 Å². The first-order valence-electron chi connectivity index (χ1n) is 5.36. The molecule has 0 saturated heterocycles. The van der Waals surface area contributed by atoms with Crippen molar-refractivity contribution in [3.63, 3.8) is 0 Å². The van der Waals surface area contributed by atoms with Gasteiger partial charge in [0.05, 0.1) is 30.1 Å². The van der Waals surface area contributed by atoms with Crippen LogP contribution in [0.25, 0.3) is 10.9 Å². The number of aromatic nitrogens is 4. The maximum absolute atomic E-state index is 9.24. The smallest absolute Gasteiger partial charge is 0.153 e. The van der Waals surface area contributed by atoms with Gasteiger partial charge in [-0.3, -0.25) is 9.36 Å². The summed E-state index contributed by atoms with van der Waals surface area (Å²) in [6.07, 6.45) is 3.01. The van der Waals surface area contributed by atoms with Crippen LogP contribution in [0.15, 0.2) is 36.7 Å². The summed E-state index contributed by atoms with van der Waals surface area (Å²) in [5, 5.41) is 18.9. The minimum Gasteiger partial charge on any atom is -0.505 e. The summed E-state index contributed by atoms with van der Waals surface area (Å²) in [6.45, 7) is 0.557. The van der Waals surface area contributed by atoms with Crippen LogP contribution in [0, 0.1) is 0 Å². The topological polar surface area (TPSA) is 55.9 Å². The molecule has 0 saturated carbocycles. The number of rotatable bonds is 2. The summed E-state index contributed by atoms with van der Waals surface area (Å²) in [6, 6.07) is 8.06. The van der Waals surface area contributed by atoms with Gasteiger partial charge in [0.25, 0.3) is 0 Å². The lowest BCUT2D eigenvalue weighted by Crippen LogP contribution is -2.01. The van der Waals surface area contributed by atoms with Crippen LogP contribution in [0.2, 0.25) is 0 Å². The molecule has 86 valence electrons. The van der Waals surface area contributed by atoms with E-state index in [9.17, 15) is 5.11 Å². The van der Waals surface area contributed by atoms with Gasteiger partial charge in [0.1, 0.15) is 0 Å². The second-order valence-corrected chi connectivity index (χ2v) is 3.98. The van der Waals surface area contributed by atoms with Crippen LogP contribution in [-0.4, -0.2) is 24.7 Å². The number of aromatic hydroxyl groups is 1. The van der Waals surface area contributed by atoms with Crippen LogP contribution in [-0.2, 0) is 13.6 Å². The number of hydrogen-bond donors (Lipinski definition) is 1. The molecule has 1 aromatic carbocycles. The molecule has 0 radical (unpaired) electrons. The molecule has 0 fully saturated rings. The van der Waals surface area contributed by atoms with Crippen molar-refractivity contribution in [1.82, 2.24) is 19.6 Å². The van der Waals surface area contributed by atoms with Gasteiger partial charge < -0.3 is 5.11 Å². The molecule has 0 bridgehead atoms. The zero-order valence-electron chi connectivity index (χ0n) is 9.41. The lowest BCUT2D eigenvalue weighted by molar-refractivity contribution is 0.474. The zero-order chi connectivity index (χ0) is 11.8. The van der Waals surface area contributed by atoms with Gasteiger partial charge in [-0.1, -0.05) is 18.2 Å². The molecule has 5 heteroatoms. The Bertz CT molecular complexity index is 668. The predicted octanol–water partition coefficient (Wildman–Crippen LogP) is 1.52. The first-order valence-corrected chi connectivity index (χ1v) is 5.36. The fraction of sp³-hybridized carbons (Fsp3) is 0.167. The summed E-state index contributed by atoms with van der Waals surface area (Å²) >= 11 is 0. The van der Waals surface area contributed by atoms with Crippen molar-refractivity contribution in [2.24, 2.45) is 7.05 Å². The molecule has 2 heterocycles. The van der Waals surface area contributed by atoms with Crippen molar-refractivity contribution in [2.45, 2.75) is 6.54 Å². The Morgan fingerprint density at radius 3 is 2.88 bits per heavy atom. The number of aryl methyl sites for hydroxylation is 1. The van der Waals surface area contributed by atoms with Crippen LogP contribution >= 0.6 is 0 Å². The predicted molar refractivity (Wildman–Crippen MR) is 63.7 cm³/mol. The van der Waals surface area contributed by atoms with Crippen molar-refractivity contribution < 1.29 is 5.11 Å². The van der Waals surface area contributed by atoms with Gasteiger partial charge in [-0.05, 0) is 6.07 Å². The highest BCUT2D eigenvalue weighted by atomic mass is 16.3. The van der Waals surface area contributed by atoms with E-state index in [1.807, 2.05) is 36.0 Å². The molecule has 0 spiro atoms. The fourth-order valence-corrected chi connectivity index (χ4v) is 2.00. The molecule has 0 amide bonds. The van der Waals surface area contributed by atoms with Crippen LogP contribution in [0.3, 0.4) is 0 Å². The van der Waals surface area contributed by atoms with Gasteiger partial charge in [0.15, 0.2) is 5.75 Å². The second kappa shape index (κ2) is 3.62. The molecule has 0 aliphatic heterocycles. The van der Waals surface area contributed by atoms with Crippen LogP contribution in [0.4, 0.5) is 0 Å². The Hall–Kier alpha value is -2.30. The van der Waals surface area contributed by atoms with E-state index in [0.717, 1.165) is 16.6 Å². The van der Waals surface area contributed by atoms with E-state index in [1.165, 1.54) is 6.20 Å². The molecular weight excluding hydrogens is 216 g/mol. The minimum absolute atomic E-state index is 0.172. The summed E-state index contributed by atoms with van der Waals surface area (Å²) < 4.78 is 3.53. The summed E-state index contributed by atoms with van der Waals surface area (Å²) in [7, 11) is 1.92. The first-order chi connectivity index (χ1) is 8.24. The van der Waals surface area contributed by atoms with Gasteiger partial charge >= 0.3 is 0 Å². The molecule has 0 aliphatic carbocycles. The highest BCUT2D eigenvalue weighted by Crippen LogP contribution is 2.18. The molecule has 1 N–H and O–H groups in total. The first kappa shape index (κ1) is 9.89. The standard InChI is InChI=1S/C12H12N4O/c1-15-12-5-3-2-4-10(12)11(14-15)8-16-7-9(17)6-13-16/h2-7,17H,8H2,1H3. The normalized spacial score (nSPS) is 11.1. The van der Waals surface area contributed by atoms with Crippen molar-refractivity contribution in [1.29, 1.82) is 0 Å². The monoisotopic (exact) mass is 228 g/mol. The van der Waals surface area contributed by atoms with Crippen molar-refractivity contribution in [2.75, 3.05) is 0 Å². The molecule has 5 nitrogen and oxygen atoms in total. The Labute approximate surface area is 97.9 Å². The van der Waals surface area contributed by atoms with E-state index in [-0.39, 0.29) is 5.75 Å². The van der Waals surface area contributed by atoms with E-state index >= 15 is 0 Å². The van der Waals surface area contributed by atoms with Gasteiger partial charge in [-0.25, -0.2) is 0 Å². The quantitative estimate of drug-likeness (QED) is 0.723. The lowest BCUT2D eigenvalue weighted by Gasteiger charge is -1.97. The number of benzene rings is 1. The fourth-order valence-electron chi connectivity index (χ4n) is 2.00. The molecule has 2 aromatic heterocycles. The zero-order valence-corrected chi connectivity index (χ0v) is 9.41. The van der Waals surface area contributed by atoms with Gasteiger partial charge in [0.2, 0.25) is 0 Å². The number of nitrogens with zero attached hydrogens (tertiary/aromatic N) is 4. The molecular formula is C12H12N4O. The van der Waals surface area contributed by atoms with Crippen molar-refractivity contribution in [3.05, 3.63) is 42.4 Å². The van der Waals surface area contributed by atoms with E-state index < -0.39 is 0 Å². The highest BCUT2D eigenvalue weighted by Gasteiger charge is 2.08. The minimum atomic E-state index is 0.172. The summed E-state index contributed by atoms with van der Waals surface area (Å²) in [5.41, 5.74) is 2.05. The second-order valence-electron chi connectivity index (χ2n) is 3.98. The van der Waals surface area contributed by atoms with E-state index in [2.05, 4.69) is 10.2 Å².